The molecule has 8 nitrogen and oxygen atoms in total. The molecule has 0 unspecified atom stereocenters. The Bertz CT molecular complexity index is 1510. The lowest BCUT2D eigenvalue weighted by molar-refractivity contribution is -0.132. The molecule has 0 aliphatic carbocycles. The van der Waals surface area contributed by atoms with Crippen LogP contribution in [-0.4, -0.2) is 34.0 Å². The topological polar surface area (TPSA) is 133 Å². The zero-order chi connectivity index (χ0) is 29.2. The number of carbonyl (C=O) groups is 4. The second-order valence-corrected chi connectivity index (χ2v) is 8.99. The van der Waals surface area contributed by atoms with Crippen LogP contribution in [0.25, 0.3) is 11.1 Å². The minimum Gasteiger partial charge on any atom is -0.478 e. The van der Waals surface area contributed by atoms with Gasteiger partial charge in [-0.3, -0.25) is 9.59 Å². The molecular weight excluding hydrogens is 520 g/mol. The molecule has 0 atom stereocenters. The van der Waals surface area contributed by atoms with Crippen molar-refractivity contribution in [2.24, 2.45) is 0 Å². The summed E-state index contributed by atoms with van der Waals surface area (Å²) in [5.41, 5.74) is 6.11. The predicted molar refractivity (Wildman–Crippen MR) is 157 cm³/mol. The van der Waals surface area contributed by atoms with Crippen molar-refractivity contribution in [3.8, 4) is 11.1 Å². The number of anilines is 2. The normalized spacial score (nSPS) is 11.0. The van der Waals surface area contributed by atoms with Crippen LogP contribution in [0, 0.1) is 0 Å². The van der Waals surface area contributed by atoms with Gasteiger partial charge in [-0.05, 0) is 52.1 Å². The maximum atomic E-state index is 12.0. The highest BCUT2D eigenvalue weighted by Gasteiger charge is 2.18. The first kappa shape index (κ1) is 28.3. The lowest BCUT2D eigenvalue weighted by Gasteiger charge is -2.20. The number of carbonyl (C=O) groups excluding carboxylic acids is 2. The average molecular weight is 547 g/mol. The Balaban J connectivity index is 1.63. The maximum Gasteiger partial charge on any atom is 0.328 e. The average Bonchev–Trinajstić information content (AvgIpc) is 2.98. The highest BCUT2D eigenvalue weighted by Crippen LogP contribution is 2.34. The molecule has 4 aromatic rings. The Labute approximate surface area is 236 Å². The number of carboxylic acid groups (broad SMARTS) is 2. The Morgan fingerprint density at radius 1 is 0.488 bits per heavy atom. The highest BCUT2D eigenvalue weighted by atomic mass is 16.4. The standard InChI is InChI=1S/C33H26N2O6/c36-29(18-20-31(38)39)34-27-14-10-25(11-15-27)33(24-8-6-23(7-9-24)22-4-2-1-3-5-22)26-12-16-28(17-13-26)35-30(37)19-21-32(40)41/h1-21,33H,(H,34,36)(H,35,37)(H,38,39)(H,40,41)/b20-18+,21-19+. The second kappa shape index (κ2) is 13.3. The fourth-order valence-electron chi connectivity index (χ4n) is 4.26. The molecule has 0 heterocycles. The van der Waals surface area contributed by atoms with E-state index >= 15 is 0 Å². The molecule has 41 heavy (non-hydrogen) atoms. The third-order valence-corrected chi connectivity index (χ3v) is 6.13. The summed E-state index contributed by atoms with van der Waals surface area (Å²) in [4.78, 5) is 45.3. The number of aliphatic carboxylic acids is 2. The van der Waals surface area contributed by atoms with Gasteiger partial charge in [-0.1, -0.05) is 78.9 Å². The van der Waals surface area contributed by atoms with Crippen LogP contribution in [0.2, 0.25) is 0 Å². The summed E-state index contributed by atoms with van der Waals surface area (Å²) in [5.74, 6) is -3.71. The molecule has 4 N–H and O–H groups in total. The van der Waals surface area contributed by atoms with E-state index in [9.17, 15) is 19.2 Å². The summed E-state index contributed by atoms with van der Waals surface area (Å²) in [5, 5.41) is 22.7. The summed E-state index contributed by atoms with van der Waals surface area (Å²) in [7, 11) is 0. The molecule has 0 aliphatic heterocycles. The van der Waals surface area contributed by atoms with E-state index in [1.165, 1.54) is 0 Å². The third-order valence-electron chi connectivity index (χ3n) is 6.13. The minimum absolute atomic E-state index is 0.187. The Morgan fingerprint density at radius 3 is 1.24 bits per heavy atom. The first-order valence-electron chi connectivity index (χ1n) is 12.6. The van der Waals surface area contributed by atoms with Gasteiger partial charge in [0.15, 0.2) is 0 Å². The number of nitrogens with one attached hydrogen (secondary N) is 2. The van der Waals surface area contributed by atoms with Crippen LogP contribution < -0.4 is 10.6 Å². The molecule has 0 fully saturated rings. The number of amides is 2. The lowest BCUT2D eigenvalue weighted by atomic mass is 9.84. The fraction of sp³-hybridized carbons (Fsp3) is 0.0303. The first-order valence-corrected chi connectivity index (χ1v) is 12.6. The van der Waals surface area contributed by atoms with Gasteiger partial charge in [0, 0.05) is 41.6 Å². The number of rotatable bonds is 10. The highest BCUT2D eigenvalue weighted by molar-refractivity contribution is 6.03. The zero-order valence-corrected chi connectivity index (χ0v) is 21.7. The lowest BCUT2D eigenvalue weighted by Crippen LogP contribution is -2.10. The van der Waals surface area contributed by atoms with Crippen LogP contribution >= 0.6 is 0 Å². The van der Waals surface area contributed by atoms with E-state index in [1.807, 2.05) is 54.6 Å². The van der Waals surface area contributed by atoms with Crippen LogP contribution in [0.15, 0.2) is 127 Å². The van der Waals surface area contributed by atoms with Gasteiger partial charge in [-0.2, -0.15) is 0 Å². The first-order chi connectivity index (χ1) is 19.8. The van der Waals surface area contributed by atoms with Crippen molar-refractivity contribution in [3.05, 3.63) is 144 Å². The van der Waals surface area contributed by atoms with Gasteiger partial charge in [-0.25, -0.2) is 9.59 Å². The zero-order valence-electron chi connectivity index (χ0n) is 21.7. The van der Waals surface area contributed by atoms with Crippen molar-refractivity contribution in [2.75, 3.05) is 10.6 Å². The monoisotopic (exact) mass is 546 g/mol. The molecule has 0 bridgehead atoms. The molecule has 4 rings (SSSR count). The number of hydrogen-bond acceptors (Lipinski definition) is 4. The molecule has 0 spiro atoms. The molecule has 0 aliphatic rings. The Morgan fingerprint density at radius 2 is 0.854 bits per heavy atom. The number of hydrogen-bond donors (Lipinski definition) is 4. The van der Waals surface area contributed by atoms with Gasteiger partial charge < -0.3 is 20.8 Å². The summed E-state index contributed by atoms with van der Waals surface area (Å²) < 4.78 is 0. The molecule has 8 heteroatoms. The molecule has 0 saturated carbocycles. The van der Waals surface area contributed by atoms with Gasteiger partial charge in [0.25, 0.3) is 0 Å². The Kier molecular flexibility index (Phi) is 9.20. The predicted octanol–water partition coefficient (Wildman–Crippen LogP) is 5.69. The second-order valence-electron chi connectivity index (χ2n) is 8.99. The molecule has 204 valence electrons. The van der Waals surface area contributed by atoms with Gasteiger partial charge in [0.05, 0.1) is 0 Å². The van der Waals surface area contributed by atoms with E-state index in [0.29, 0.717) is 11.4 Å². The third kappa shape index (κ3) is 8.11. The van der Waals surface area contributed by atoms with Gasteiger partial charge >= 0.3 is 11.9 Å². The van der Waals surface area contributed by atoms with Crippen LogP contribution in [-0.2, 0) is 19.2 Å². The van der Waals surface area contributed by atoms with Crippen molar-refractivity contribution in [1.29, 1.82) is 0 Å². The van der Waals surface area contributed by atoms with Crippen molar-refractivity contribution in [1.82, 2.24) is 0 Å². The SMILES string of the molecule is O=C(O)/C=C/C(=O)Nc1ccc(C(c2ccc(NC(=O)/C=C/C(=O)O)cc2)c2ccc(-c3ccccc3)cc2)cc1. The molecule has 0 aromatic heterocycles. The van der Waals surface area contributed by atoms with Crippen LogP contribution in [0.3, 0.4) is 0 Å². The summed E-state index contributed by atoms with van der Waals surface area (Å²) in [6, 6.07) is 32.8. The summed E-state index contributed by atoms with van der Waals surface area (Å²) in [6.45, 7) is 0. The smallest absolute Gasteiger partial charge is 0.328 e. The largest absolute Gasteiger partial charge is 0.478 e. The maximum absolute atomic E-state index is 12.0. The van der Waals surface area contributed by atoms with Crippen molar-refractivity contribution in [3.63, 3.8) is 0 Å². The molecule has 0 saturated heterocycles. The van der Waals surface area contributed by atoms with Gasteiger partial charge in [-0.15, -0.1) is 0 Å². The quantitative estimate of drug-likeness (QED) is 0.149. The Hall–Kier alpha value is -5.76. The van der Waals surface area contributed by atoms with Gasteiger partial charge in [0.2, 0.25) is 11.8 Å². The van der Waals surface area contributed by atoms with Crippen molar-refractivity contribution < 1.29 is 29.4 Å². The van der Waals surface area contributed by atoms with Crippen LogP contribution in [0.5, 0.6) is 0 Å². The van der Waals surface area contributed by atoms with E-state index in [1.54, 1.807) is 24.3 Å². The van der Waals surface area contributed by atoms with E-state index in [2.05, 4.69) is 34.9 Å². The molecule has 0 radical (unpaired) electrons. The fourth-order valence-corrected chi connectivity index (χ4v) is 4.26. The summed E-state index contributed by atoms with van der Waals surface area (Å²) >= 11 is 0. The van der Waals surface area contributed by atoms with E-state index < -0.39 is 23.8 Å². The van der Waals surface area contributed by atoms with Gasteiger partial charge in [0.1, 0.15) is 0 Å². The van der Waals surface area contributed by atoms with Crippen molar-refractivity contribution >= 4 is 35.1 Å². The number of benzene rings is 4. The molecular formula is C33H26N2O6. The summed E-state index contributed by atoms with van der Waals surface area (Å²) in [6.07, 6.45) is 3.44. The van der Waals surface area contributed by atoms with E-state index in [-0.39, 0.29) is 5.92 Å². The van der Waals surface area contributed by atoms with Crippen LogP contribution in [0.1, 0.15) is 22.6 Å². The van der Waals surface area contributed by atoms with E-state index in [0.717, 1.165) is 52.1 Å². The minimum atomic E-state index is -1.21. The van der Waals surface area contributed by atoms with Crippen LogP contribution in [0.4, 0.5) is 11.4 Å². The molecule has 4 aromatic carbocycles. The van der Waals surface area contributed by atoms with E-state index in [4.69, 9.17) is 10.2 Å². The van der Waals surface area contributed by atoms with Crippen molar-refractivity contribution in [2.45, 2.75) is 5.92 Å². The number of carboxylic acids is 2. The molecule has 2 amide bonds.